The van der Waals surface area contributed by atoms with Crippen LogP contribution in [-0.4, -0.2) is 50.0 Å². The van der Waals surface area contributed by atoms with Crippen molar-refractivity contribution in [1.29, 1.82) is 0 Å². The third kappa shape index (κ3) is 6.64. The number of nitrogens with one attached hydrogen (secondary N) is 1. The van der Waals surface area contributed by atoms with E-state index in [0.29, 0.717) is 17.9 Å². The van der Waals surface area contributed by atoms with Gasteiger partial charge in [0, 0.05) is 18.8 Å². The molecule has 2 amide bonds. The van der Waals surface area contributed by atoms with Gasteiger partial charge in [-0.15, -0.1) is 0 Å². The molecular weight excluding hydrogens is 372 g/mol. The van der Waals surface area contributed by atoms with Crippen molar-refractivity contribution in [3.05, 3.63) is 60.2 Å². The fourth-order valence-electron chi connectivity index (χ4n) is 2.77. The Morgan fingerprint density at radius 2 is 1.79 bits per heavy atom. The van der Waals surface area contributed by atoms with Crippen molar-refractivity contribution in [2.45, 2.75) is 19.3 Å². The Morgan fingerprint density at radius 3 is 2.45 bits per heavy atom. The van der Waals surface area contributed by atoms with Crippen LogP contribution in [0.25, 0.3) is 0 Å². The lowest BCUT2D eigenvalue weighted by Gasteiger charge is -2.18. The van der Waals surface area contributed by atoms with Gasteiger partial charge < -0.3 is 19.7 Å². The van der Waals surface area contributed by atoms with Crippen molar-refractivity contribution < 1.29 is 23.9 Å². The predicted octanol–water partition coefficient (Wildman–Crippen LogP) is 2.83. The number of benzene rings is 2. The van der Waals surface area contributed by atoms with Gasteiger partial charge in [0.25, 0.3) is 5.91 Å². The highest BCUT2D eigenvalue weighted by Crippen LogP contribution is 2.20. The molecule has 0 aromatic heterocycles. The van der Waals surface area contributed by atoms with Gasteiger partial charge in [-0.1, -0.05) is 43.3 Å². The molecule has 154 valence electrons. The highest BCUT2D eigenvalue weighted by atomic mass is 16.5. The highest BCUT2D eigenvalue weighted by Gasteiger charge is 2.22. The lowest BCUT2D eigenvalue weighted by atomic mass is 9.97. The Bertz CT molecular complexity index is 838. The minimum atomic E-state index is -0.457. The van der Waals surface area contributed by atoms with Gasteiger partial charge in [0.15, 0.2) is 6.61 Å². The van der Waals surface area contributed by atoms with E-state index in [0.717, 1.165) is 5.56 Å². The van der Waals surface area contributed by atoms with E-state index in [4.69, 9.17) is 9.47 Å². The van der Waals surface area contributed by atoms with E-state index in [9.17, 15) is 14.4 Å². The smallest absolute Gasteiger partial charge is 0.313 e. The van der Waals surface area contributed by atoms with Crippen LogP contribution in [0.4, 0.5) is 5.69 Å². The van der Waals surface area contributed by atoms with Crippen molar-refractivity contribution in [3.8, 4) is 5.75 Å². The number of carbonyl (C=O) groups excluding carboxylic acids is 3. The number of hydrogen-bond donors (Lipinski definition) is 1. The summed E-state index contributed by atoms with van der Waals surface area (Å²) in [6, 6.07) is 16.2. The Labute approximate surface area is 170 Å². The molecule has 2 rings (SSSR count). The number of ether oxygens (including phenoxy) is 2. The molecule has 0 heterocycles. The fraction of sp³-hybridized carbons (Fsp3) is 0.318. The Hall–Kier alpha value is -3.35. The molecule has 0 radical (unpaired) electrons. The van der Waals surface area contributed by atoms with Gasteiger partial charge in [0.05, 0.1) is 19.6 Å². The zero-order valence-corrected chi connectivity index (χ0v) is 16.9. The molecule has 0 spiro atoms. The molecule has 0 bridgehead atoms. The quantitative estimate of drug-likeness (QED) is 0.657. The number of rotatable bonds is 9. The second kappa shape index (κ2) is 10.8. The third-order valence-corrected chi connectivity index (χ3v) is 4.39. The molecule has 7 heteroatoms. The van der Waals surface area contributed by atoms with E-state index in [1.807, 2.05) is 37.3 Å². The van der Waals surface area contributed by atoms with Crippen molar-refractivity contribution in [3.63, 3.8) is 0 Å². The lowest BCUT2D eigenvalue weighted by molar-refractivity contribution is -0.153. The first kappa shape index (κ1) is 21.9. The lowest BCUT2D eigenvalue weighted by Crippen LogP contribution is -2.37. The standard InChI is InChI=1S/C22H26N2O5/c1-4-19(16-9-6-5-7-10-16)22(27)29-15-21(26)24(2)14-20(25)23-17-11-8-12-18(13-17)28-3/h5-13,19H,4,14-15H2,1-3H3,(H,23,25). The van der Waals surface area contributed by atoms with Gasteiger partial charge >= 0.3 is 5.97 Å². The van der Waals surface area contributed by atoms with Crippen LogP contribution in [0.3, 0.4) is 0 Å². The summed E-state index contributed by atoms with van der Waals surface area (Å²) in [5, 5.41) is 2.70. The predicted molar refractivity (Wildman–Crippen MR) is 110 cm³/mol. The van der Waals surface area contributed by atoms with Crippen LogP contribution in [0, 0.1) is 0 Å². The largest absolute Gasteiger partial charge is 0.497 e. The molecule has 1 unspecified atom stereocenters. The van der Waals surface area contributed by atoms with Crippen molar-refractivity contribution >= 4 is 23.5 Å². The third-order valence-electron chi connectivity index (χ3n) is 4.39. The number of amides is 2. The Kier molecular flexibility index (Phi) is 8.21. The molecule has 1 atom stereocenters. The monoisotopic (exact) mass is 398 g/mol. The molecular formula is C22H26N2O5. The minimum absolute atomic E-state index is 0.163. The van der Waals surface area contributed by atoms with Gasteiger partial charge in [-0.05, 0) is 24.1 Å². The topological polar surface area (TPSA) is 84.9 Å². The van der Waals surface area contributed by atoms with Crippen LogP contribution < -0.4 is 10.1 Å². The van der Waals surface area contributed by atoms with Crippen LogP contribution in [0.1, 0.15) is 24.8 Å². The molecule has 2 aromatic rings. The van der Waals surface area contributed by atoms with Crippen LogP contribution >= 0.6 is 0 Å². The number of esters is 1. The first-order chi connectivity index (χ1) is 13.9. The molecule has 0 fully saturated rings. The molecule has 0 aliphatic heterocycles. The summed E-state index contributed by atoms with van der Waals surface area (Å²) in [5.74, 6) is -1.09. The molecule has 0 saturated carbocycles. The number of hydrogen-bond acceptors (Lipinski definition) is 5. The van der Waals surface area contributed by atoms with Crippen molar-refractivity contribution in [2.75, 3.05) is 32.6 Å². The van der Waals surface area contributed by atoms with Crippen molar-refractivity contribution in [1.82, 2.24) is 4.90 Å². The van der Waals surface area contributed by atoms with E-state index in [1.165, 1.54) is 19.1 Å². The Morgan fingerprint density at radius 1 is 1.07 bits per heavy atom. The second-order valence-corrected chi connectivity index (χ2v) is 6.51. The van der Waals surface area contributed by atoms with Crippen LogP contribution in [-0.2, 0) is 19.1 Å². The summed E-state index contributed by atoms with van der Waals surface area (Å²) in [6.07, 6.45) is 0.565. The van der Waals surface area contributed by atoms with Gasteiger partial charge in [-0.25, -0.2) is 0 Å². The van der Waals surface area contributed by atoms with Gasteiger partial charge in [-0.3, -0.25) is 14.4 Å². The maximum Gasteiger partial charge on any atom is 0.313 e. The van der Waals surface area contributed by atoms with E-state index in [2.05, 4.69) is 5.32 Å². The molecule has 0 aliphatic carbocycles. The molecule has 0 saturated heterocycles. The summed E-state index contributed by atoms with van der Waals surface area (Å²) >= 11 is 0. The molecule has 29 heavy (non-hydrogen) atoms. The number of carbonyl (C=O) groups is 3. The van der Waals surface area contributed by atoms with Gasteiger partial charge in [0.1, 0.15) is 5.75 Å². The van der Waals surface area contributed by atoms with E-state index >= 15 is 0 Å². The first-order valence-corrected chi connectivity index (χ1v) is 9.34. The van der Waals surface area contributed by atoms with E-state index in [1.54, 1.807) is 24.3 Å². The summed E-state index contributed by atoms with van der Waals surface area (Å²) < 4.78 is 10.3. The summed E-state index contributed by atoms with van der Waals surface area (Å²) in [4.78, 5) is 37.9. The minimum Gasteiger partial charge on any atom is -0.497 e. The SMILES string of the molecule is CCC(C(=O)OCC(=O)N(C)CC(=O)Nc1cccc(OC)c1)c1ccccc1. The zero-order chi connectivity index (χ0) is 21.2. The van der Waals surface area contributed by atoms with Crippen LogP contribution in [0.15, 0.2) is 54.6 Å². The number of methoxy groups -OCH3 is 1. The number of nitrogens with zero attached hydrogens (tertiary/aromatic N) is 1. The fourth-order valence-corrected chi connectivity index (χ4v) is 2.77. The van der Waals surface area contributed by atoms with E-state index in [-0.39, 0.29) is 12.5 Å². The average Bonchev–Trinajstić information content (AvgIpc) is 2.73. The summed E-state index contributed by atoms with van der Waals surface area (Å²) in [5.41, 5.74) is 1.41. The maximum absolute atomic E-state index is 12.3. The highest BCUT2D eigenvalue weighted by molar-refractivity contribution is 5.95. The van der Waals surface area contributed by atoms with Gasteiger partial charge in [-0.2, -0.15) is 0 Å². The van der Waals surface area contributed by atoms with E-state index < -0.39 is 24.4 Å². The second-order valence-electron chi connectivity index (χ2n) is 6.51. The van der Waals surface area contributed by atoms with Crippen LogP contribution in [0.5, 0.6) is 5.75 Å². The summed E-state index contributed by atoms with van der Waals surface area (Å²) in [6.45, 7) is 1.31. The Balaban J connectivity index is 1.83. The summed E-state index contributed by atoms with van der Waals surface area (Å²) in [7, 11) is 3.02. The number of anilines is 1. The molecule has 2 aromatic carbocycles. The number of likely N-dealkylation sites (N-methyl/N-ethyl adjacent to an activating group) is 1. The van der Waals surface area contributed by atoms with Crippen molar-refractivity contribution in [2.24, 2.45) is 0 Å². The zero-order valence-electron chi connectivity index (χ0n) is 16.9. The molecule has 7 nitrogen and oxygen atoms in total. The molecule has 0 aliphatic rings. The maximum atomic E-state index is 12.3. The first-order valence-electron chi connectivity index (χ1n) is 9.34. The molecule has 1 N–H and O–H groups in total. The normalized spacial score (nSPS) is 11.3. The van der Waals surface area contributed by atoms with Gasteiger partial charge in [0.2, 0.25) is 5.91 Å². The average molecular weight is 398 g/mol. The van der Waals surface area contributed by atoms with Crippen LogP contribution in [0.2, 0.25) is 0 Å².